The van der Waals surface area contributed by atoms with Gasteiger partial charge in [0.05, 0.1) is 0 Å². The molecule has 0 radical (unpaired) electrons. The number of hydrogen-bond acceptors (Lipinski definition) is 4. The van der Waals surface area contributed by atoms with E-state index in [4.69, 9.17) is 5.11 Å². The Morgan fingerprint density at radius 3 is 2.67 bits per heavy atom. The van der Waals surface area contributed by atoms with Crippen LogP contribution in [0.5, 0.6) is 0 Å². The molecule has 2 rings (SSSR count). The van der Waals surface area contributed by atoms with E-state index in [1.165, 1.54) is 29.1 Å². The molecule has 2 heterocycles. The number of pyridine rings is 1. The second-order valence-electron chi connectivity index (χ2n) is 2.79. The minimum absolute atomic E-state index is 0.0221. The minimum Gasteiger partial charge on any atom is -0.619 e. The number of aromatic nitrogens is 2. The monoisotopic (exact) mass is 222 g/mol. The van der Waals surface area contributed by atoms with Gasteiger partial charge in [-0.2, -0.15) is 4.73 Å². The van der Waals surface area contributed by atoms with Crippen molar-refractivity contribution in [2.24, 2.45) is 0 Å². The van der Waals surface area contributed by atoms with Crippen LogP contribution in [0.4, 0.5) is 0 Å². The fourth-order valence-corrected chi connectivity index (χ4v) is 1.86. The third kappa shape index (κ3) is 1.94. The summed E-state index contributed by atoms with van der Waals surface area (Å²) in [5.74, 6) is -1.05. The molecule has 15 heavy (non-hydrogen) atoms. The van der Waals surface area contributed by atoms with Gasteiger partial charge in [-0.05, 0) is 0 Å². The molecule has 6 heteroatoms. The van der Waals surface area contributed by atoms with Crippen molar-refractivity contribution >= 4 is 17.3 Å². The zero-order valence-electron chi connectivity index (χ0n) is 7.45. The van der Waals surface area contributed by atoms with Gasteiger partial charge in [0.1, 0.15) is 5.01 Å². The summed E-state index contributed by atoms with van der Waals surface area (Å²) in [6.07, 6.45) is 2.69. The fraction of sp³-hybridized carbons (Fsp3) is 0. The van der Waals surface area contributed by atoms with Crippen molar-refractivity contribution in [2.45, 2.75) is 0 Å². The molecule has 5 nitrogen and oxygen atoms in total. The first-order valence-corrected chi connectivity index (χ1v) is 4.93. The summed E-state index contributed by atoms with van der Waals surface area (Å²) in [6.45, 7) is 0. The SMILES string of the molecule is O=C(O)c1csc(-c2cc[n+]([O-])cc2)n1. The van der Waals surface area contributed by atoms with Crippen molar-refractivity contribution in [3.63, 3.8) is 0 Å². The summed E-state index contributed by atoms with van der Waals surface area (Å²) in [5, 5.41) is 21.5. The zero-order valence-corrected chi connectivity index (χ0v) is 8.27. The standard InChI is InChI=1S/C9H6N2O3S/c12-9(13)7-5-15-8(10-7)6-1-3-11(14)4-2-6/h1-5H,(H,12,13). The molecular weight excluding hydrogens is 216 g/mol. The average Bonchev–Trinajstić information content (AvgIpc) is 2.68. The Morgan fingerprint density at radius 2 is 2.13 bits per heavy atom. The van der Waals surface area contributed by atoms with Crippen molar-refractivity contribution < 1.29 is 14.6 Å². The predicted molar refractivity (Wildman–Crippen MR) is 53.5 cm³/mol. The van der Waals surface area contributed by atoms with Crippen LogP contribution < -0.4 is 4.73 Å². The summed E-state index contributed by atoms with van der Waals surface area (Å²) in [7, 11) is 0. The van der Waals surface area contributed by atoms with Gasteiger partial charge in [-0.1, -0.05) is 0 Å². The van der Waals surface area contributed by atoms with Gasteiger partial charge in [-0.25, -0.2) is 9.78 Å². The van der Waals surface area contributed by atoms with Gasteiger partial charge in [-0.15, -0.1) is 11.3 Å². The van der Waals surface area contributed by atoms with E-state index < -0.39 is 5.97 Å². The number of carbonyl (C=O) groups is 1. The number of carboxylic acids is 1. The lowest BCUT2D eigenvalue weighted by atomic mass is 10.3. The van der Waals surface area contributed by atoms with Crippen molar-refractivity contribution in [3.8, 4) is 10.6 Å². The van der Waals surface area contributed by atoms with Gasteiger partial charge in [0.2, 0.25) is 0 Å². The maximum atomic E-state index is 10.8. The Balaban J connectivity index is 2.37. The first kappa shape index (κ1) is 9.60. The van der Waals surface area contributed by atoms with Crippen LogP contribution in [-0.4, -0.2) is 16.1 Å². The highest BCUT2D eigenvalue weighted by Gasteiger charge is 2.10. The third-order valence-corrected chi connectivity index (χ3v) is 2.66. The molecule has 0 aromatic carbocycles. The number of aromatic carboxylic acids is 1. The molecule has 1 N–H and O–H groups in total. The van der Waals surface area contributed by atoms with E-state index >= 15 is 0 Å². The summed E-state index contributed by atoms with van der Waals surface area (Å²) >= 11 is 1.23. The maximum Gasteiger partial charge on any atom is 0.355 e. The molecule has 0 saturated carbocycles. The van der Waals surface area contributed by atoms with E-state index in [0.717, 1.165) is 5.56 Å². The van der Waals surface area contributed by atoms with Crippen LogP contribution in [-0.2, 0) is 0 Å². The third-order valence-electron chi connectivity index (χ3n) is 1.77. The number of hydrogen-bond donors (Lipinski definition) is 1. The summed E-state index contributed by atoms with van der Waals surface area (Å²) < 4.78 is 0.662. The van der Waals surface area contributed by atoms with Gasteiger partial charge in [0.15, 0.2) is 18.1 Å². The molecule has 2 aromatic rings. The number of thiazole rings is 1. The molecule has 0 aliphatic heterocycles. The Kier molecular flexibility index (Phi) is 2.34. The zero-order chi connectivity index (χ0) is 10.8. The Bertz CT molecular complexity index is 492. The van der Waals surface area contributed by atoms with E-state index in [9.17, 15) is 10.0 Å². The summed E-state index contributed by atoms with van der Waals surface area (Å²) in [4.78, 5) is 14.5. The number of rotatable bonds is 2. The van der Waals surface area contributed by atoms with Gasteiger partial charge in [0, 0.05) is 23.1 Å². The van der Waals surface area contributed by atoms with Crippen LogP contribution in [0.1, 0.15) is 10.5 Å². The molecule has 0 aliphatic carbocycles. The molecule has 0 saturated heterocycles. The first-order valence-electron chi connectivity index (χ1n) is 4.05. The lowest BCUT2D eigenvalue weighted by molar-refractivity contribution is -0.605. The maximum absolute atomic E-state index is 10.8. The highest BCUT2D eigenvalue weighted by Crippen LogP contribution is 2.22. The van der Waals surface area contributed by atoms with E-state index in [0.29, 0.717) is 9.74 Å². The molecule has 0 amide bonds. The van der Waals surface area contributed by atoms with E-state index in [-0.39, 0.29) is 5.69 Å². The lowest BCUT2D eigenvalue weighted by Gasteiger charge is -1.96. The van der Waals surface area contributed by atoms with Crippen molar-refractivity contribution in [1.82, 2.24) is 4.98 Å². The molecule has 0 spiro atoms. The summed E-state index contributed by atoms with van der Waals surface area (Å²) in [5.41, 5.74) is 0.758. The number of carboxylic acid groups (broad SMARTS) is 1. The Hall–Kier alpha value is -1.95. The lowest BCUT2D eigenvalue weighted by Crippen LogP contribution is -2.23. The van der Waals surface area contributed by atoms with Crippen LogP contribution in [0.15, 0.2) is 29.9 Å². The van der Waals surface area contributed by atoms with E-state index in [2.05, 4.69) is 4.98 Å². The quantitative estimate of drug-likeness (QED) is 0.610. The van der Waals surface area contributed by atoms with Gasteiger partial charge in [-0.3, -0.25) is 0 Å². The van der Waals surface area contributed by atoms with E-state index in [1.807, 2.05) is 0 Å². The van der Waals surface area contributed by atoms with Crippen molar-refractivity contribution in [3.05, 3.63) is 40.8 Å². The van der Waals surface area contributed by atoms with Gasteiger partial charge in [0.25, 0.3) is 0 Å². The van der Waals surface area contributed by atoms with Crippen LogP contribution in [0.3, 0.4) is 0 Å². The van der Waals surface area contributed by atoms with Crippen LogP contribution in [0.2, 0.25) is 0 Å². The van der Waals surface area contributed by atoms with Crippen LogP contribution in [0.25, 0.3) is 10.6 Å². The summed E-state index contributed by atoms with van der Waals surface area (Å²) in [6, 6.07) is 3.19. The van der Waals surface area contributed by atoms with Crippen LogP contribution in [0, 0.1) is 5.21 Å². The molecule has 0 aliphatic rings. The normalized spacial score (nSPS) is 10.1. The van der Waals surface area contributed by atoms with E-state index in [1.54, 1.807) is 12.1 Å². The fourth-order valence-electron chi connectivity index (χ4n) is 1.06. The molecule has 0 unspecified atom stereocenters. The second kappa shape index (κ2) is 3.66. The molecule has 2 aromatic heterocycles. The smallest absolute Gasteiger partial charge is 0.355 e. The van der Waals surface area contributed by atoms with Crippen molar-refractivity contribution in [2.75, 3.05) is 0 Å². The Labute approximate surface area is 88.8 Å². The van der Waals surface area contributed by atoms with Crippen LogP contribution >= 0.6 is 11.3 Å². The predicted octanol–water partition coefficient (Wildman–Crippen LogP) is 1.14. The molecule has 0 bridgehead atoms. The molecule has 76 valence electrons. The van der Waals surface area contributed by atoms with Crippen molar-refractivity contribution in [1.29, 1.82) is 0 Å². The number of nitrogens with zero attached hydrogens (tertiary/aromatic N) is 2. The average molecular weight is 222 g/mol. The van der Waals surface area contributed by atoms with Gasteiger partial charge >= 0.3 is 5.97 Å². The highest BCUT2D eigenvalue weighted by atomic mass is 32.1. The Morgan fingerprint density at radius 1 is 1.47 bits per heavy atom. The van der Waals surface area contributed by atoms with Gasteiger partial charge < -0.3 is 10.3 Å². The largest absolute Gasteiger partial charge is 0.619 e. The topological polar surface area (TPSA) is 77.1 Å². The molecular formula is C9H6N2O3S. The molecule has 0 atom stereocenters. The minimum atomic E-state index is -1.05. The first-order chi connectivity index (χ1) is 7.16. The second-order valence-corrected chi connectivity index (χ2v) is 3.65. The molecule has 0 fully saturated rings. The highest BCUT2D eigenvalue weighted by molar-refractivity contribution is 7.13.